The highest BCUT2D eigenvalue weighted by atomic mass is 32.1. The Hall–Kier alpha value is -7.98. The summed E-state index contributed by atoms with van der Waals surface area (Å²) in [6.45, 7) is 4.76. The second kappa shape index (κ2) is 13.3. The van der Waals surface area contributed by atoms with Crippen LogP contribution in [0.1, 0.15) is 47.2 Å². The van der Waals surface area contributed by atoms with E-state index < -0.39 is 5.41 Å². The Morgan fingerprint density at radius 1 is 0.403 bits per heavy atom. The molecule has 12 aromatic rings. The number of rotatable bonds is 4. The van der Waals surface area contributed by atoms with Gasteiger partial charge in [-0.3, -0.25) is 0 Å². The van der Waals surface area contributed by atoms with Gasteiger partial charge in [0.1, 0.15) is 11.2 Å². The van der Waals surface area contributed by atoms with E-state index in [1.54, 1.807) is 0 Å². The van der Waals surface area contributed by atoms with E-state index >= 15 is 0 Å². The van der Waals surface area contributed by atoms with Crippen LogP contribution in [0, 0.1) is 0 Å². The van der Waals surface area contributed by atoms with Gasteiger partial charge in [0.25, 0.3) is 0 Å². The van der Waals surface area contributed by atoms with Gasteiger partial charge in [-0.05, 0) is 115 Å². The number of fused-ring (bicyclic) bond motifs is 20. The van der Waals surface area contributed by atoms with Crippen LogP contribution in [-0.4, -0.2) is 0 Å². The molecule has 2 aromatic heterocycles. The number of anilines is 3. The van der Waals surface area contributed by atoms with Crippen molar-refractivity contribution in [2.75, 3.05) is 4.90 Å². The zero-order valence-corrected chi connectivity index (χ0v) is 37.8. The predicted octanol–water partition coefficient (Wildman–Crippen LogP) is 17.7. The van der Waals surface area contributed by atoms with Crippen molar-refractivity contribution in [3.05, 3.63) is 246 Å². The third-order valence-electron chi connectivity index (χ3n) is 15.5. The summed E-state index contributed by atoms with van der Waals surface area (Å²) in [5.74, 6) is 0. The molecular weight excluding hydrogens is 831 g/mol. The molecule has 0 N–H and O–H groups in total. The molecule has 3 aliphatic carbocycles. The van der Waals surface area contributed by atoms with Crippen molar-refractivity contribution in [1.82, 2.24) is 0 Å². The van der Waals surface area contributed by atoms with Crippen molar-refractivity contribution in [1.29, 1.82) is 0 Å². The molecule has 1 atom stereocenters. The molecule has 2 heterocycles. The van der Waals surface area contributed by atoms with Crippen LogP contribution in [0.4, 0.5) is 17.1 Å². The van der Waals surface area contributed by atoms with E-state index in [0.29, 0.717) is 0 Å². The SMILES string of the molecule is CC1(C)c2ccccc2-c2ccc(N(c3ccc(-c4cccc5sc6ccccc6c45)cc3)c3cccc4c3-c3ccccc3C43c4ccccc4-c4c3ccc3c4oc4ccccc43)cc21. The number of nitrogens with zero attached hydrogens (tertiary/aromatic N) is 1. The first-order chi connectivity index (χ1) is 33.0. The highest BCUT2D eigenvalue weighted by Crippen LogP contribution is 2.66. The van der Waals surface area contributed by atoms with E-state index in [2.05, 4.69) is 231 Å². The zero-order valence-electron chi connectivity index (χ0n) is 37.0. The lowest BCUT2D eigenvalue weighted by atomic mass is 9.70. The van der Waals surface area contributed by atoms with Gasteiger partial charge in [-0.1, -0.05) is 178 Å². The van der Waals surface area contributed by atoms with Crippen LogP contribution >= 0.6 is 11.3 Å². The zero-order chi connectivity index (χ0) is 44.2. The van der Waals surface area contributed by atoms with Crippen molar-refractivity contribution in [2.45, 2.75) is 24.7 Å². The first-order valence-corrected chi connectivity index (χ1v) is 24.1. The first-order valence-electron chi connectivity index (χ1n) is 23.3. The number of benzene rings is 10. The Kier molecular flexibility index (Phi) is 7.41. The van der Waals surface area contributed by atoms with Crippen molar-refractivity contribution in [3.8, 4) is 44.5 Å². The third kappa shape index (κ3) is 4.79. The standard InChI is InChI=1S/C64H41NOS/c1-63(2)49-21-8-3-15-42(49)43-34-33-40(37-54(43)63)65(39-31-29-38(30-32-39)41-20-13-28-58-59(41)48-19-7-12-27-57(48)67-58)55-25-14-24-52-60(55)46-17-4-9-22-50(46)64(52)51-23-10-5-18-47(51)61-53(64)36-35-45-44-16-6-11-26-56(44)66-62(45)61/h3-37H,1-2H3. The molecule has 67 heavy (non-hydrogen) atoms. The lowest BCUT2D eigenvalue weighted by Gasteiger charge is -2.32. The third-order valence-corrected chi connectivity index (χ3v) is 16.6. The summed E-state index contributed by atoms with van der Waals surface area (Å²) in [5.41, 5.74) is 22.5. The number of thiophene rings is 1. The van der Waals surface area contributed by atoms with Crippen LogP contribution in [0.15, 0.2) is 217 Å². The maximum atomic E-state index is 6.86. The van der Waals surface area contributed by atoms with Gasteiger partial charge in [-0.2, -0.15) is 0 Å². The van der Waals surface area contributed by atoms with Gasteiger partial charge in [0.2, 0.25) is 0 Å². The van der Waals surface area contributed by atoms with Gasteiger partial charge >= 0.3 is 0 Å². The normalized spacial score (nSPS) is 15.8. The van der Waals surface area contributed by atoms with Gasteiger partial charge in [-0.15, -0.1) is 11.3 Å². The Labute approximate surface area is 392 Å². The summed E-state index contributed by atoms with van der Waals surface area (Å²) in [6, 6.07) is 79.4. The molecule has 1 unspecified atom stereocenters. The maximum Gasteiger partial charge on any atom is 0.143 e. The van der Waals surface area contributed by atoms with Crippen LogP contribution in [0.5, 0.6) is 0 Å². The van der Waals surface area contributed by atoms with Crippen LogP contribution < -0.4 is 4.90 Å². The van der Waals surface area contributed by atoms with Gasteiger partial charge in [0.15, 0.2) is 0 Å². The molecule has 0 saturated carbocycles. The quantitative estimate of drug-likeness (QED) is 0.175. The molecule has 0 fully saturated rings. The lowest BCUT2D eigenvalue weighted by molar-refractivity contribution is 0.660. The average molecular weight is 872 g/mol. The molecule has 3 aliphatic rings. The molecule has 0 bridgehead atoms. The summed E-state index contributed by atoms with van der Waals surface area (Å²) in [7, 11) is 0. The second-order valence-electron chi connectivity index (χ2n) is 19.1. The number of hydrogen-bond acceptors (Lipinski definition) is 3. The highest BCUT2D eigenvalue weighted by molar-refractivity contribution is 7.25. The molecule has 2 nitrogen and oxygen atoms in total. The fourth-order valence-corrected chi connectivity index (χ4v) is 13.8. The van der Waals surface area contributed by atoms with E-state index in [1.165, 1.54) is 98.1 Å². The van der Waals surface area contributed by atoms with Crippen LogP contribution in [0.3, 0.4) is 0 Å². The Bertz CT molecular complexity index is 4090. The van der Waals surface area contributed by atoms with Gasteiger partial charge < -0.3 is 9.32 Å². The minimum absolute atomic E-state index is 0.159. The van der Waals surface area contributed by atoms with Crippen molar-refractivity contribution >= 4 is 70.5 Å². The largest absolute Gasteiger partial charge is 0.455 e. The molecule has 0 aliphatic heterocycles. The minimum atomic E-state index is -0.555. The van der Waals surface area contributed by atoms with Crippen molar-refractivity contribution < 1.29 is 4.42 Å². The summed E-state index contributed by atoms with van der Waals surface area (Å²) in [6.07, 6.45) is 0. The summed E-state index contributed by atoms with van der Waals surface area (Å²) < 4.78 is 9.49. The number of para-hydroxylation sites is 1. The Morgan fingerprint density at radius 2 is 1.00 bits per heavy atom. The molecular formula is C64H41NOS. The fraction of sp³-hybridized carbons (Fsp3) is 0.0625. The molecule has 3 heteroatoms. The highest BCUT2D eigenvalue weighted by Gasteiger charge is 2.53. The molecule has 0 radical (unpaired) electrons. The average Bonchev–Trinajstić information content (AvgIpc) is 4.16. The molecule has 10 aromatic carbocycles. The number of hydrogen-bond donors (Lipinski definition) is 0. The van der Waals surface area contributed by atoms with E-state index in [1.807, 2.05) is 11.3 Å². The lowest BCUT2D eigenvalue weighted by Crippen LogP contribution is -2.26. The molecule has 15 rings (SSSR count). The van der Waals surface area contributed by atoms with Crippen LogP contribution in [-0.2, 0) is 10.8 Å². The van der Waals surface area contributed by atoms with Crippen molar-refractivity contribution in [2.24, 2.45) is 0 Å². The van der Waals surface area contributed by atoms with E-state index in [0.717, 1.165) is 39.0 Å². The topological polar surface area (TPSA) is 16.4 Å². The molecule has 1 spiro atoms. The van der Waals surface area contributed by atoms with Gasteiger partial charge in [0, 0.05) is 58.9 Å². The van der Waals surface area contributed by atoms with Crippen LogP contribution in [0.2, 0.25) is 0 Å². The molecule has 0 saturated heterocycles. The summed E-state index contributed by atoms with van der Waals surface area (Å²) >= 11 is 1.87. The second-order valence-corrected chi connectivity index (χ2v) is 20.1. The summed E-state index contributed by atoms with van der Waals surface area (Å²) in [5, 5.41) is 4.94. The maximum absolute atomic E-state index is 6.86. The van der Waals surface area contributed by atoms with Gasteiger partial charge in [0.05, 0.1) is 11.1 Å². The van der Waals surface area contributed by atoms with E-state index in [4.69, 9.17) is 4.42 Å². The van der Waals surface area contributed by atoms with E-state index in [9.17, 15) is 0 Å². The monoisotopic (exact) mass is 871 g/mol. The Morgan fingerprint density at radius 3 is 1.82 bits per heavy atom. The van der Waals surface area contributed by atoms with Crippen LogP contribution in [0.25, 0.3) is 86.6 Å². The molecule has 0 amide bonds. The minimum Gasteiger partial charge on any atom is -0.455 e. The van der Waals surface area contributed by atoms with E-state index in [-0.39, 0.29) is 5.41 Å². The Balaban J connectivity index is 0.985. The summed E-state index contributed by atoms with van der Waals surface area (Å²) in [4.78, 5) is 2.53. The molecule has 314 valence electrons. The fourth-order valence-electron chi connectivity index (χ4n) is 12.7. The van der Waals surface area contributed by atoms with Gasteiger partial charge in [-0.25, -0.2) is 0 Å². The smallest absolute Gasteiger partial charge is 0.143 e. The predicted molar refractivity (Wildman–Crippen MR) is 281 cm³/mol. The number of furan rings is 1. The first kappa shape index (κ1) is 37.3. The van der Waals surface area contributed by atoms with Crippen molar-refractivity contribution in [3.63, 3.8) is 0 Å².